The number of hydrogen-bond acceptors (Lipinski definition) is 1. The van der Waals surface area contributed by atoms with Gasteiger partial charge < -0.3 is 11.4 Å². The summed E-state index contributed by atoms with van der Waals surface area (Å²) in [4.78, 5) is 0. The zero-order valence-corrected chi connectivity index (χ0v) is 4.65. The third kappa shape index (κ3) is 20.7. The molecular weight excluding hydrogens is 63.0 g/mol. The first-order valence-corrected chi connectivity index (χ1v) is 0.577. The largest absolute Gasteiger partial charge is 1.00 e. The van der Waals surface area contributed by atoms with E-state index in [1.807, 2.05) is 0 Å². The number of rotatable bonds is 0. The summed E-state index contributed by atoms with van der Waals surface area (Å²) in [5.74, 6) is 0. The Morgan fingerprint density at radius 3 is 1.75 bits per heavy atom. The van der Waals surface area contributed by atoms with Gasteiger partial charge in [0.25, 0.3) is 0 Å². The zero-order valence-electron chi connectivity index (χ0n) is 2.65. The van der Waals surface area contributed by atoms with Crippen LogP contribution in [-0.2, 0) is 0 Å². The van der Waals surface area contributed by atoms with Gasteiger partial charge in [0.2, 0.25) is 0 Å². The molecule has 0 aromatic carbocycles. The first-order chi connectivity index (χ1) is 1.41. The molecule has 0 unspecified atom stereocenters. The van der Waals surface area contributed by atoms with E-state index in [1.165, 1.54) is 6.26 Å². The SMILES string of the molecule is C=[C-]O.[Na+]. The van der Waals surface area contributed by atoms with Gasteiger partial charge in [0.05, 0.1) is 0 Å². The van der Waals surface area contributed by atoms with E-state index in [0.717, 1.165) is 0 Å². The molecule has 0 radical (unpaired) electrons. The molecule has 0 aliphatic heterocycles. The van der Waals surface area contributed by atoms with Crippen LogP contribution in [0.25, 0.3) is 0 Å². The Balaban J connectivity index is 0. The van der Waals surface area contributed by atoms with E-state index >= 15 is 0 Å². The molecule has 0 aromatic heterocycles. The van der Waals surface area contributed by atoms with Gasteiger partial charge in [0.1, 0.15) is 0 Å². The summed E-state index contributed by atoms with van der Waals surface area (Å²) in [6, 6.07) is 0. The van der Waals surface area contributed by atoms with E-state index in [0.29, 0.717) is 0 Å². The van der Waals surface area contributed by atoms with Crippen molar-refractivity contribution < 1.29 is 34.7 Å². The summed E-state index contributed by atoms with van der Waals surface area (Å²) in [6.07, 6.45) is 1.50. The molecule has 0 aromatic rings. The Morgan fingerprint density at radius 2 is 1.75 bits per heavy atom. The van der Waals surface area contributed by atoms with Gasteiger partial charge in [-0.15, -0.1) is 0 Å². The molecule has 0 aliphatic carbocycles. The maximum atomic E-state index is 7.21. The van der Waals surface area contributed by atoms with Gasteiger partial charge in [-0.05, 0) is 0 Å². The van der Waals surface area contributed by atoms with Crippen molar-refractivity contribution in [3.63, 3.8) is 0 Å². The molecule has 0 heterocycles. The fourth-order valence-electron chi connectivity index (χ4n) is 0. The van der Waals surface area contributed by atoms with Crippen molar-refractivity contribution in [2.45, 2.75) is 0 Å². The van der Waals surface area contributed by atoms with Crippen LogP contribution >= 0.6 is 0 Å². The van der Waals surface area contributed by atoms with Crippen molar-refractivity contribution in [2.24, 2.45) is 0 Å². The number of aliphatic hydroxyl groups is 1. The second-order valence-electron chi connectivity index (χ2n) is 0.158. The third-order valence-corrected chi connectivity index (χ3v) is 0. The first kappa shape index (κ1) is 8.82. The van der Waals surface area contributed by atoms with Crippen LogP contribution in [0.4, 0.5) is 0 Å². The van der Waals surface area contributed by atoms with Crippen molar-refractivity contribution in [1.29, 1.82) is 0 Å². The molecular formula is C2H3NaO. The van der Waals surface area contributed by atoms with Crippen molar-refractivity contribution in [2.75, 3.05) is 0 Å². The van der Waals surface area contributed by atoms with Gasteiger partial charge in [-0.3, -0.25) is 0 Å². The van der Waals surface area contributed by atoms with Crippen molar-refractivity contribution >= 4 is 0 Å². The Hall–Kier alpha value is 0.540. The second kappa shape index (κ2) is 9.63. The molecule has 0 spiro atoms. The second-order valence-corrected chi connectivity index (χ2v) is 0.158. The average Bonchev–Trinajstić information content (AvgIpc) is 0.918. The Kier molecular flexibility index (Phi) is 21.2. The van der Waals surface area contributed by atoms with Crippen LogP contribution in [0.3, 0.4) is 0 Å². The molecule has 0 saturated carbocycles. The maximum Gasteiger partial charge on any atom is 1.00 e. The van der Waals surface area contributed by atoms with Gasteiger partial charge >= 0.3 is 29.6 Å². The molecule has 18 valence electrons. The Labute approximate surface area is 47.6 Å². The summed E-state index contributed by atoms with van der Waals surface area (Å²) in [5.41, 5.74) is 0. The molecule has 0 rings (SSSR count). The predicted molar refractivity (Wildman–Crippen MR) is 11.5 cm³/mol. The molecule has 0 atom stereocenters. The van der Waals surface area contributed by atoms with E-state index in [2.05, 4.69) is 6.58 Å². The van der Waals surface area contributed by atoms with Crippen LogP contribution in [-0.4, -0.2) is 5.11 Å². The molecule has 4 heavy (non-hydrogen) atoms. The van der Waals surface area contributed by atoms with Crippen molar-refractivity contribution in [1.82, 2.24) is 0 Å². The van der Waals surface area contributed by atoms with E-state index in [-0.39, 0.29) is 29.6 Å². The summed E-state index contributed by atoms with van der Waals surface area (Å²) >= 11 is 0. The summed E-state index contributed by atoms with van der Waals surface area (Å²) in [6.45, 7) is 2.79. The quantitative estimate of drug-likeness (QED) is 0.188. The smallest absolute Gasteiger partial charge is 0.706 e. The molecule has 0 aliphatic rings. The minimum absolute atomic E-state index is 0. The Morgan fingerprint density at radius 1 is 1.75 bits per heavy atom. The molecule has 1 nitrogen and oxygen atoms in total. The van der Waals surface area contributed by atoms with Gasteiger partial charge in [-0.2, -0.15) is 0 Å². The van der Waals surface area contributed by atoms with E-state index in [1.54, 1.807) is 0 Å². The molecule has 2 heteroatoms. The summed E-state index contributed by atoms with van der Waals surface area (Å²) in [7, 11) is 0. The molecule has 0 bridgehead atoms. The van der Waals surface area contributed by atoms with Gasteiger partial charge in [-0.1, -0.05) is 0 Å². The van der Waals surface area contributed by atoms with Crippen LogP contribution in [0.5, 0.6) is 0 Å². The van der Waals surface area contributed by atoms with Crippen LogP contribution in [0, 0.1) is 6.26 Å². The van der Waals surface area contributed by atoms with Crippen molar-refractivity contribution in [3.05, 3.63) is 12.8 Å². The van der Waals surface area contributed by atoms with Crippen LogP contribution < -0.4 is 29.6 Å². The van der Waals surface area contributed by atoms with E-state index in [4.69, 9.17) is 5.11 Å². The minimum atomic E-state index is 0. The molecule has 1 N–H and O–H groups in total. The third-order valence-electron chi connectivity index (χ3n) is 0. The number of hydrogen-bond donors (Lipinski definition) is 1. The minimum Gasteiger partial charge on any atom is -0.706 e. The average molecular weight is 66.0 g/mol. The fraction of sp³-hybridized carbons (Fsp3) is 0. The Bertz CT molecular complexity index is 13.5. The zero-order chi connectivity index (χ0) is 2.71. The monoisotopic (exact) mass is 66.0 g/mol. The molecule has 0 amide bonds. The molecule has 0 saturated heterocycles. The standard InChI is InChI=1S/C2H3O.Na/c1-2-3;/h3H,1H2;/q-1;+1. The first-order valence-electron chi connectivity index (χ1n) is 0.577. The predicted octanol–water partition coefficient (Wildman–Crippen LogP) is -2.50. The van der Waals surface area contributed by atoms with Crippen LogP contribution in [0.1, 0.15) is 0 Å². The van der Waals surface area contributed by atoms with E-state index in [9.17, 15) is 0 Å². The van der Waals surface area contributed by atoms with Crippen LogP contribution in [0.15, 0.2) is 6.58 Å². The fourth-order valence-corrected chi connectivity index (χ4v) is 0. The van der Waals surface area contributed by atoms with Gasteiger partial charge in [0, 0.05) is 0 Å². The maximum absolute atomic E-state index is 7.21. The summed E-state index contributed by atoms with van der Waals surface area (Å²) < 4.78 is 0. The van der Waals surface area contributed by atoms with Gasteiger partial charge in [0.15, 0.2) is 0 Å². The normalized spacial score (nSPS) is 3.00. The van der Waals surface area contributed by atoms with Gasteiger partial charge in [-0.25, -0.2) is 6.58 Å². The van der Waals surface area contributed by atoms with Crippen LogP contribution in [0.2, 0.25) is 0 Å². The number of aliphatic hydroxyl groups excluding tert-OH is 1. The topological polar surface area (TPSA) is 20.2 Å². The van der Waals surface area contributed by atoms with E-state index < -0.39 is 0 Å². The van der Waals surface area contributed by atoms with Crippen molar-refractivity contribution in [3.8, 4) is 0 Å². The summed E-state index contributed by atoms with van der Waals surface area (Å²) in [5, 5.41) is 7.21. The molecule has 0 fully saturated rings.